The standard InChI is InChI=1S/C23H44N4S2.ClH/c1-18-9-11-21(18)28-15-13-26-17-20(24)7-5-3-4-6-8-23(25)27-14-16-29-22-12-10-19(22)2;/h18-19,21-22,24,26H,3-17H2,1-2H3,(H2,25,27);1H/p+1. The highest BCUT2D eigenvalue weighted by molar-refractivity contribution is 8.00. The van der Waals surface area contributed by atoms with Crippen molar-refractivity contribution in [3.05, 3.63) is 0 Å². The Balaban J connectivity index is 0.00000450. The van der Waals surface area contributed by atoms with Gasteiger partial charge in [-0.3, -0.25) is 16.1 Å². The van der Waals surface area contributed by atoms with Crippen molar-refractivity contribution < 1.29 is 22.8 Å². The van der Waals surface area contributed by atoms with Crippen LogP contribution < -0.4 is 33.9 Å². The van der Waals surface area contributed by atoms with Crippen LogP contribution in [-0.4, -0.2) is 53.2 Å². The van der Waals surface area contributed by atoms with E-state index in [2.05, 4.69) is 47.7 Å². The van der Waals surface area contributed by atoms with Gasteiger partial charge in [-0.1, -0.05) is 26.7 Å². The molecule has 0 aliphatic heterocycles. The Morgan fingerprint density at radius 2 is 1.53 bits per heavy atom. The van der Waals surface area contributed by atoms with Crippen LogP contribution in [0.15, 0.2) is 0 Å². The minimum atomic E-state index is 0. The molecule has 0 saturated heterocycles. The van der Waals surface area contributed by atoms with Gasteiger partial charge in [-0.25, -0.2) is 0 Å². The van der Waals surface area contributed by atoms with Crippen molar-refractivity contribution in [2.45, 2.75) is 88.6 Å². The van der Waals surface area contributed by atoms with E-state index in [0.717, 1.165) is 66.4 Å². The maximum Gasteiger partial charge on any atom is 0.240 e. The molecule has 176 valence electrons. The minimum absolute atomic E-state index is 0. The Kier molecular flexibility index (Phi) is 15.6. The number of thioether (sulfide) groups is 2. The van der Waals surface area contributed by atoms with Crippen molar-refractivity contribution in [1.82, 2.24) is 5.32 Å². The summed E-state index contributed by atoms with van der Waals surface area (Å²) in [5.41, 5.74) is 7.22. The molecule has 2 saturated carbocycles. The first-order valence-electron chi connectivity index (χ1n) is 12.0. The van der Waals surface area contributed by atoms with E-state index in [-0.39, 0.29) is 12.4 Å². The Morgan fingerprint density at radius 3 is 2.10 bits per heavy atom. The zero-order valence-corrected chi connectivity index (χ0v) is 21.7. The van der Waals surface area contributed by atoms with E-state index in [0.29, 0.717) is 0 Å². The van der Waals surface area contributed by atoms with Crippen LogP contribution >= 0.6 is 23.5 Å². The molecule has 4 atom stereocenters. The van der Waals surface area contributed by atoms with Crippen LogP contribution in [0.2, 0.25) is 0 Å². The third kappa shape index (κ3) is 11.6. The first-order valence-corrected chi connectivity index (χ1v) is 14.0. The lowest BCUT2D eigenvalue weighted by molar-refractivity contribution is -0.453. The van der Waals surface area contributed by atoms with Crippen molar-refractivity contribution >= 4 is 35.1 Å². The summed E-state index contributed by atoms with van der Waals surface area (Å²) in [6.45, 7) is 7.71. The van der Waals surface area contributed by atoms with Crippen LogP contribution in [0.5, 0.6) is 0 Å². The second kappa shape index (κ2) is 16.7. The Hall–Kier alpha value is 0.0900. The maximum atomic E-state index is 6.16. The lowest BCUT2D eigenvalue weighted by Crippen LogP contribution is -3.00. The monoisotopic (exact) mass is 477 g/mol. The number of unbranched alkanes of at least 4 members (excludes halogenated alkanes) is 3. The van der Waals surface area contributed by atoms with Crippen LogP contribution in [0.4, 0.5) is 0 Å². The van der Waals surface area contributed by atoms with Gasteiger partial charge < -0.3 is 17.7 Å². The molecule has 0 spiro atoms. The SMILES string of the molecule is CC1CCC1SCCNCC(=[NH2+])CCCCCCC(N)=[NH+]CCSC1CCC1C.[Cl-]. The van der Waals surface area contributed by atoms with Gasteiger partial charge in [0.05, 0.1) is 13.1 Å². The summed E-state index contributed by atoms with van der Waals surface area (Å²) < 4.78 is 0. The summed E-state index contributed by atoms with van der Waals surface area (Å²) in [6, 6.07) is 0. The van der Waals surface area contributed by atoms with Gasteiger partial charge in [0, 0.05) is 41.4 Å². The molecule has 0 radical (unpaired) electrons. The normalized spacial score (nSPS) is 25.9. The van der Waals surface area contributed by atoms with Gasteiger partial charge in [-0.2, -0.15) is 23.5 Å². The molecule has 2 rings (SSSR count). The lowest BCUT2D eigenvalue weighted by atomic mass is 9.87. The second-order valence-electron chi connectivity index (χ2n) is 9.13. The molecular formula is C23H46ClN4S2+. The largest absolute Gasteiger partial charge is 1.00 e. The number of hydrogen-bond donors (Lipinski definition) is 4. The molecule has 0 aromatic carbocycles. The van der Waals surface area contributed by atoms with E-state index in [9.17, 15) is 0 Å². The van der Waals surface area contributed by atoms with E-state index in [1.165, 1.54) is 62.9 Å². The van der Waals surface area contributed by atoms with Gasteiger partial charge in [0.1, 0.15) is 0 Å². The number of halogens is 1. The molecule has 4 unspecified atom stereocenters. The molecule has 4 nitrogen and oxygen atoms in total. The zero-order valence-electron chi connectivity index (χ0n) is 19.3. The molecule has 0 aromatic rings. The first-order chi connectivity index (χ1) is 14.1. The number of rotatable bonds is 17. The summed E-state index contributed by atoms with van der Waals surface area (Å²) in [4.78, 5) is 3.40. The van der Waals surface area contributed by atoms with Gasteiger partial charge in [-0.15, -0.1) is 0 Å². The van der Waals surface area contributed by atoms with E-state index in [4.69, 9.17) is 11.1 Å². The molecule has 2 aliphatic carbocycles. The van der Waals surface area contributed by atoms with Crippen molar-refractivity contribution in [2.75, 3.05) is 31.1 Å². The highest BCUT2D eigenvalue weighted by atomic mass is 35.5. The Morgan fingerprint density at radius 1 is 0.933 bits per heavy atom. The summed E-state index contributed by atoms with van der Waals surface area (Å²) in [7, 11) is 0. The van der Waals surface area contributed by atoms with E-state index in [1.54, 1.807) is 0 Å². The van der Waals surface area contributed by atoms with Crippen LogP contribution in [0.3, 0.4) is 0 Å². The fraction of sp³-hybridized carbons (Fsp3) is 0.913. The number of amidine groups is 1. The molecule has 2 aliphatic rings. The average molecular weight is 478 g/mol. The van der Waals surface area contributed by atoms with E-state index < -0.39 is 0 Å². The number of nitrogens with one attached hydrogen (secondary N) is 2. The van der Waals surface area contributed by atoms with Crippen molar-refractivity contribution in [3.63, 3.8) is 0 Å². The highest BCUT2D eigenvalue weighted by Gasteiger charge is 2.27. The van der Waals surface area contributed by atoms with Gasteiger partial charge in [0.15, 0.2) is 5.71 Å². The number of hydrogen-bond acceptors (Lipinski definition) is 3. The molecule has 0 bridgehead atoms. The Labute approximate surface area is 200 Å². The van der Waals surface area contributed by atoms with Crippen molar-refractivity contribution in [3.8, 4) is 0 Å². The summed E-state index contributed by atoms with van der Waals surface area (Å²) in [5.74, 6) is 5.21. The summed E-state index contributed by atoms with van der Waals surface area (Å²) in [6.07, 6.45) is 12.6. The van der Waals surface area contributed by atoms with Crippen LogP contribution in [-0.2, 0) is 0 Å². The topological polar surface area (TPSA) is 77.6 Å². The molecule has 7 heteroatoms. The first kappa shape index (κ1) is 28.1. The van der Waals surface area contributed by atoms with E-state index >= 15 is 0 Å². The zero-order chi connectivity index (χ0) is 20.9. The van der Waals surface area contributed by atoms with Crippen molar-refractivity contribution in [1.29, 1.82) is 0 Å². The second-order valence-corrected chi connectivity index (χ2v) is 11.8. The predicted octanol–water partition coefficient (Wildman–Crippen LogP) is -1.38. The third-order valence-corrected chi connectivity index (χ3v) is 9.66. The fourth-order valence-electron chi connectivity index (χ4n) is 3.92. The third-order valence-electron chi connectivity index (χ3n) is 6.53. The smallest absolute Gasteiger partial charge is 0.240 e. The average Bonchev–Trinajstić information content (AvgIpc) is 2.70. The van der Waals surface area contributed by atoms with Crippen LogP contribution in [0.25, 0.3) is 0 Å². The van der Waals surface area contributed by atoms with Crippen LogP contribution in [0.1, 0.15) is 78.1 Å². The van der Waals surface area contributed by atoms with Gasteiger partial charge in [0.25, 0.3) is 0 Å². The molecule has 6 N–H and O–H groups in total. The number of nitrogens with two attached hydrogens (primary N) is 2. The van der Waals surface area contributed by atoms with Crippen molar-refractivity contribution in [2.24, 2.45) is 17.6 Å². The quantitative estimate of drug-likeness (QED) is 0.118. The molecule has 2 fully saturated rings. The fourth-order valence-corrected chi connectivity index (χ4v) is 6.54. The van der Waals surface area contributed by atoms with E-state index in [1.807, 2.05) is 0 Å². The summed E-state index contributed by atoms with van der Waals surface area (Å²) >= 11 is 4.24. The molecule has 0 heterocycles. The minimum Gasteiger partial charge on any atom is -1.00 e. The Bertz CT molecular complexity index is 504. The summed E-state index contributed by atoms with van der Waals surface area (Å²) in [5, 5.41) is 11.5. The van der Waals surface area contributed by atoms with Gasteiger partial charge in [-0.05, 0) is 50.4 Å². The highest BCUT2D eigenvalue weighted by Crippen LogP contribution is 2.37. The van der Waals surface area contributed by atoms with Gasteiger partial charge >= 0.3 is 0 Å². The van der Waals surface area contributed by atoms with Crippen LogP contribution in [0, 0.1) is 11.8 Å². The molecule has 0 aromatic heterocycles. The molecule has 30 heavy (non-hydrogen) atoms. The predicted molar refractivity (Wildman–Crippen MR) is 132 cm³/mol. The van der Waals surface area contributed by atoms with Gasteiger partial charge in [0.2, 0.25) is 5.84 Å². The lowest BCUT2D eigenvalue weighted by Gasteiger charge is -2.33. The molecule has 0 amide bonds. The maximum absolute atomic E-state index is 6.16. The molecular weight excluding hydrogens is 432 g/mol.